The van der Waals surface area contributed by atoms with Gasteiger partial charge in [0.15, 0.2) is 0 Å². The summed E-state index contributed by atoms with van der Waals surface area (Å²) in [5, 5.41) is 20.5. The highest BCUT2D eigenvalue weighted by Gasteiger charge is 2.39. The van der Waals surface area contributed by atoms with Crippen LogP contribution in [0.2, 0.25) is 0 Å². The van der Waals surface area contributed by atoms with Crippen LogP contribution in [0.25, 0.3) is 0 Å². The molecule has 0 aliphatic heterocycles. The number of nitro groups is 1. The maximum absolute atomic E-state index is 12.7. The van der Waals surface area contributed by atoms with Crippen molar-refractivity contribution in [2.24, 2.45) is 0 Å². The quantitative estimate of drug-likeness (QED) is 0.518. The number of benzene rings is 1. The monoisotopic (exact) mass is 331 g/mol. The van der Waals surface area contributed by atoms with E-state index in [1.165, 1.54) is 6.92 Å². The van der Waals surface area contributed by atoms with Crippen LogP contribution in [-0.2, 0) is 12.4 Å². The fourth-order valence-electron chi connectivity index (χ4n) is 1.86. The molecule has 4 nitrogen and oxygen atoms in total. The third-order valence-corrected chi connectivity index (χ3v) is 3.01. The van der Waals surface area contributed by atoms with Crippen LogP contribution in [0.3, 0.4) is 0 Å². The Kier molecular flexibility index (Phi) is 5.06. The van der Waals surface area contributed by atoms with Crippen LogP contribution in [0.4, 0.5) is 26.3 Å². The minimum absolute atomic E-state index is 0.108. The maximum atomic E-state index is 12.7. The van der Waals surface area contributed by atoms with Crippen molar-refractivity contribution >= 4 is 0 Å². The topological polar surface area (TPSA) is 63.4 Å². The molecule has 22 heavy (non-hydrogen) atoms. The van der Waals surface area contributed by atoms with Crippen LogP contribution < -0.4 is 0 Å². The Labute approximate surface area is 120 Å². The first-order chi connectivity index (χ1) is 9.87. The average Bonchev–Trinajstić information content (AvgIpc) is 2.36. The molecule has 10 heteroatoms. The number of aliphatic hydroxyl groups is 1. The van der Waals surface area contributed by atoms with Crippen molar-refractivity contribution in [2.75, 3.05) is 0 Å². The number of alkyl halides is 6. The molecule has 0 aromatic heterocycles. The van der Waals surface area contributed by atoms with Gasteiger partial charge in [-0.2, -0.15) is 26.3 Å². The summed E-state index contributed by atoms with van der Waals surface area (Å²) in [6.45, 7) is 1.29. The zero-order chi connectivity index (χ0) is 17.3. The van der Waals surface area contributed by atoms with Gasteiger partial charge in [-0.05, 0) is 23.8 Å². The number of aliphatic hydroxyl groups excluding tert-OH is 1. The lowest BCUT2D eigenvalue weighted by atomic mass is 9.96. The molecular formula is C12H11F6NO3. The normalized spacial score (nSPS) is 15.5. The Morgan fingerprint density at radius 2 is 1.50 bits per heavy atom. The van der Waals surface area contributed by atoms with Crippen molar-refractivity contribution in [1.82, 2.24) is 0 Å². The number of rotatable bonds is 4. The van der Waals surface area contributed by atoms with Crippen molar-refractivity contribution in [1.29, 1.82) is 0 Å². The van der Waals surface area contributed by atoms with Gasteiger partial charge in [0, 0.05) is 11.3 Å². The van der Waals surface area contributed by atoms with Gasteiger partial charge in [0.2, 0.25) is 6.04 Å². The summed E-state index contributed by atoms with van der Waals surface area (Å²) in [5.74, 6) is 0. The van der Waals surface area contributed by atoms with Gasteiger partial charge in [0.05, 0.1) is 11.1 Å². The van der Waals surface area contributed by atoms with Crippen LogP contribution >= 0.6 is 0 Å². The van der Waals surface area contributed by atoms with Crippen LogP contribution in [0, 0.1) is 10.1 Å². The fraction of sp³-hybridized carbons (Fsp3) is 0.500. The minimum atomic E-state index is -5.08. The highest BCUT2D eigenvalue weighted by atomic mass is 19.4. The SMILES string of the molecule is CC[C@H]([C@H](O)c1cc(C(F)(F)F)cc(C(F)(F)F)c1)[N+](=O)[O-]. The largest absolute Gasteiger partial charge is 0.416 e. The van der Waals surface area contributed by atoms with E-state index in [9.17, 15) is 41.6 Å². The molecule has 1 aromatic carbocycles. The molecule has 0 bridgehead atoms. The van der Waals surface area contributed by atoms with Gasteiger partial charge in [-0.25, -0.2) is 0 Å². The second-order valence-corrected chi connectivity index (χ2v) is 4.55. The predicted molar refractivity (Wildman–Crippen MR) is 62.5 cm³/mol. The van der Waals surface area contributed by atoms with E-state index >= 15 is 0 Å². The van der Waals surface area contributed by atoms with Gasteiger partial charge in [0.25, 0.3) is 0 Å². The standard InChI is InChI=1S/C12H11F6NO3/c1-2-9(19(21)22)10(20)6-3-7(11(13,14)15)5-8(4-6)12(16,17)18/h3-5,9-10,20H,2H2,1H3/t9-,10-/m1/s1. The third kappa shape index (κ3) is 4.09. The van der Waals surface area contributed by atoms with Gasteiger partial charge in [0.1, 0.15) is 6.10 Å². The van der Waals surface area contributed by atoms with E-state index in [-0.39, 0.29) is 24.6 Å². The van der Waals surface area contributed by atoms with Gasteiger partial charge in [-0.15, -0.1) is 0 Å². The molecule has 0 aliphatic rings. The highest BCUT2D eigenvalue weighted by Crippen LogP contribution is 2.38. The average molecular weight is 331 g/mol. The Bertz CT molecular complexity index is 523. The molecule has 0 spiro atoms. The molecular weight excluding hydrogens is 320 g/mol. The van der Waals surface area contributed by atoms with E-state index in [0.717, 1.165) is 0 Å². The first-order valence-electron chi connectivity index (χ1n) is 5.98. The zero-order valence-corrected chi connectivity index (χ0v) is 11.1. The van der Waals surface area contributed by atoms with Gasteiger partial charge < -0.3 is 5.11 Å². The number of halogens is 6. The summed E-state index contributed by atoms with van der Waals surface area (Å²) >= 11 is 0. The van der Waals surface area contributed by atoms with Gasteiger partial charge >= 0.3 is 12.4 Å². The maximum Gasteiger partial charge on any atom is 0.416 e. The first kappa shape index (κ1) is 18.2. The molecule has 0 amide bonds. The lowest BCUT2D eigenvalue weighted by molar-refractivity contribution is -0.536. The summed E-state index contributed by atoms with van der Waals surface area (Å²) in [7, 11) is 0. The van der Waals surface area contributed by atoms with E-state index in [1.807, 2.05) is 0 Å². The molecule has 0 saturated heterocycles. The van der Waals surface area contributed by atoms with E-state index in [2.05, 4.69) is 0 Å². The molecule has 1 aromatic rings. The fourth-order valence-corrected chi connectivity index (χ4v) is 1.86. The van der Waals surface area contributed by atoms with Crippen molar-refractivity contribution < 1.29 is 36.4 Å². The van der Waals surface area contributed by atoms with E-state index in [0.29, 0.717) is 0 Å². The Hall–Kier alpha value is -1.84. The molecule has 1 rings (SSSR count). The van der Waals surface area contributed by atoms with Crippen molar-refractivity contribution in [3.8, 4) is 0 Å². The van der Waals surface area contributed by atoms with Crippen LogP contribution in [0.15, 0.2) is 18.2 Å². The number of nitrogens with zero attached hydrogens (tertiary/aromatic N) is 1. The molecule has 0 saturated carbocycles. The van der Waals surface area contributed by atoms with Crippen molar-refractivity contribution in [3.05, 3.63) is 45.0 Å². The summed E-state index contributed by atoms with van der Waals surface area (Å²) in [6.07, 6.45) is -12.5. The van der Waals surface area contributed by atoms with E-state index in [4.69, 9.17) is 0 Å². The molecule has 1 N–H and O–H groups in total. The van der Waals surface area contributed by atoms with Crippen LogP contribution in [0.5, 0.6) is 0 Å². The highest BCUT2D eigenvalue weighted by molar-refractivity contribution is 5.35. The summed E-state index contributed by atoms with van der Waals surface area (Å²) in [4.78, 5) is 9.76. The summed E-state index contributed by atoms with van der Waals surface area (Å²) in [6, 6.07) is -1.24. The number of hydrogen-bond donors (Lipinski definition) is 1. The lowest BCUT2D eigenvalue weighted by Gasteiger charge is -2.19. The molecule has 124 valence electrons. The second-order valence-electron chi connectivity index (χ2n) is 4.55. The molecule has 0 radical (unpaired) electrons. The van der Waals surface area contributed by atoms with Crippen LogP contribution in [0.1, 0.15) is 36.1 Å². The Morgan fingerprint density at radius 3 is 1.77 bits per heavy atom. The summed E-state index contributed by atoms with van der Waals surface area (Å²) < 4.78 is 75.9. The zero-order valence-electron chi connectivity index (χ0n) is 11.1. The minimum Gasteiger partial charge on any atom is -0.381 e. The molecule has 0 heterocycles. The van der Waals surface area contributed by atoms with Crippen molar-refractivity contribution in [2.45, 2.75) is 37.8 Å². The van der Waals surface area contributed by atoms with Gasteiger partial charge in [-0.3, -0.25) is 10.1 Å². The Balaban J connectivity index is 3.44. The number of hydrogen-bond acceptors (Lipinski definition) is 3. The molecule has 0 fully saturated rings. The molecule has 2 atom stereocenters. The first-order valence-corrected chi connectivity index (χ1v) is 5.98. The lowest BCUT2D eigenvalue weighted by Crippen LogP contribution is -2.27. The molecule has 0 aliphatic carbocycles. The third-order valence-electron chi connectivity index (χ3n) is 3.01. The van der Waals surface area contributed by atoms with E-state index < -0.39 is 46.1 Å². The summed E-state index contributed by atoms with van der Waals surface area (Å²) in [5.41, 5.74) is -4.06. The van der Waals surface area contributed by atoms with Crippen molar-refractivity contribution in [3.63, 3.8) is 0 Å². The molecule has 0 unspecified atom stereocenters. The van der Waals surface area contributed by atoms with Gasteiger partial charge in [-0.1, -0.05) is 6.92 Å². The second kappa shape index (κ2) is 6.11. The Morgan fingerprint density at radius 1 is 1.09 bits per heavy atom. The van der Waals surface area contributed by atoms with E-state index in [1.54, 1.807) is 0 Å². The predicted octanol–water partition coefficient (Wildman–Crippen LogP) is 3.81. The smallest absolute Gasteiger partial charge is 0.381 e. The van der Waals surface area contributed by atoms with Crippen LogP contribution in [-0.4, -0.2) is 16.1 Å².